The monoisotopic (exact) mass is 206 g/mol. The Bertz CT molecular complexity index is 303. The van der Waals surface area contributed by atoms with Gasteiger partial charge in [0.2, 0.25) is 12.2 Å². The first-order chi connectivity index (χ1) is 7.38. The minimum atomic E-state index is 0.0770. The average Bonchev–Trinajstić information content (AvgIpc) is 2.30. The van der Waals surface area contributed by atoms with Crippen molar-refractivity contribution in [3.05, 3.63) is 11.6 Å². The number of aliphatic imine (C=N–C) groups is 2. The zero-order valence-corrected chi connectivity index (χ0v) is 8.61. The van der Waals surface area contributed by atoms with E-state index in [0.717, 1.165) is 19.3 Å². The first-order valence-electron chi connectivity index (χ1n) is 5.14. The molecule has 0 amide bonds. The van der Waals surface area contributed by atoms with Gasteiger partial charge in [-0.15, -0.1) is 0 Å². The summed E-state index contributed by atoms with van der Waals surface area (Å²) in [6.45, 7) is 0.751. The van der Waals surface area contributed by atoms with Crippen LogP contribution in [0.4, 0.5) is 0 Å². The third-order valence-corrected chi connectivity index (χ3v) is 2.60. The largest absolute Gasteiger partial charge is 0.234 e. The van der Waals surface area contributed by atoms with E-state index in [4.69, 9.17) is 0 Å². The summed E-state index contributed by atoms with van der Waals surface area (Å²) in [6.07, 6.45) is 9.69. The van der Waals surface area contributed by atoms with Gasteiger partial charge in [-0.1, -0.05) is 11.6 Å². The highest BCUT2D eigenvalue weighted by Gasteiger charge is 2.15. The van der Waals surface area contributed by atoms with E-state index in [1.807, 2.05) is 0 Å². The maximum atomic E-state index is 10.0. The summed E-state index contributed by atoms with van der Waals surface area (Å²) >= 11 is 0. The standard InChI is InChI=1S/C11H14N2O2/c14-8-12-6-11(7-13-9-15)10-4-2-1-3-5-10/h4,11H,1-3,5-7H2. The molecular weight excluding hydrogens is 192 g/mol. The molecule has 1 rings (SSSR count). The van der Waals surface area contributed by atoms with Crippen molar-refractivity contribution in [3.63, 3.8) is 0 Å². The Labute approximate surface area is 88.8 Å². The molecular formula is C11H14N2O2. The number of carbonyl (C=O) groups excluding carboxylic acids is 2. The van der Waals surface area contributed by atoms with Gasteiger partial charge in [0.15, 0.2) is 0 Å². The van der Waals surface area contributed by atoms with Crippen molar-refractivity contribution in [2.75, 3.05) is 13.1 Å². The minimum Gasteiger partial charge on any atom is -0.211 e. The van der Waals surface area contributed by atoms with Gasteiger partial charge in [0, 0.05) is 5.92 Å². The molecule has 0 saturated carbocycles. The van der Waals surface area contributed by atoms with Gasteiger partial charge in [-0.3, -0.25) is 0 Å². The van der Waals surface area contributed by atoms with E-state index in [1.54, 1.807) is 0 Å². The van der Waals surface area contributed by atoms with Gasteiger partial charge in [-0.05, 0) is 25.7 Å². The van der Waals surface area contributed by atoms with Crippen molar-refractivity contribution in [1.29, 1.82) is 0 Å². The molecule has 0 heterocycles. The topological polar surface area (TPSA) is 58.9 Å². The molecule has 0 fully saturated rings. The summed E-state index contributed by atoms with van der Waals surface area (Å²) in [5, 5.41) is 0. The van der Waals surface area contributed by atoms with Crippen molar-refractivity contribution in [1.82, 2.24) is 0 Å². The lowest BCUT2D eigenvalue weighted by Gasteiger charge is -2.19. The molecule has 0 atom stereocenters. The summed E-state index contributed by atoms with van der Waals surface area (Å²) in [6, 6.07) is 0. The van der Waals surface area contributed by atoms with Crippen molar-refractivity contribution >= 4 is 12.2 Å². The summed E-state index contributed by atoms with van der Waals surface area (Å²) in [4.78, 5) is 27.2. The number of isocyanates is 2. The maximum absolute atomic E-state index is 10.0. The molecule has 0 aliphatic heterocycles. The Morgan fingerprint density at radius 3 is 2.33 bits per heavy atom. The first-order valence-corrected chi connectivity index (χ1v) is 5.14. The van der Waals surface area contributed by atoms with Crippen LogP contribution in [0.2, 0.25) is 0 Å². The van der Waals surface area contributed by atoms with Crippen molar-refractivity contribution in [2.24, 2.45) is 15.9 Å². The third kappa shape index (κ3) is 4.03. The van der Waals surface area contributed by atoms with Gasteiger partial charge in [0.05, 0.1) is 13.1 Å². The average molecular weight is 206 g/mol. The van der Waals surface area contributed by atoms with E-state index in [9.17, 15) is 9.59 Å². The normalized spacial score (nSPS) is 16.9. The van der Waals surface area contributed by atoms with E-state index in [-0.39, 0.29) is 5.92 Å². The molecule has 1 aliphatic rings. The molecule has 0 aromatic rings. The fourth-order valence-corrected chi connectivity index (χ4v) is 1.82. The van der Waals surface area contributed by atoms with E-state index in [0.29, 0.717) is 13.1 Å². The number of nitrogens with zero attached hydrogens (tertiary/aromatic N) is 2. The third-order valence-electron chi connectivity index (χ3n) is 2.60. The van der Waals surface area contributed by atoms with Crippen molar-refractivity contribution in [3.8, 4) is 0 Å². The number of hydrogen-bond acceptors (Lipinski definition) is 4. The molecule has 0 aromatic carbocycles. The van der Waals surface area contributed by atoms with E-state index in [2.05, 4.69) is 16.1 Å². The summed E-state index contributed by atoms with van der Waals surface area (Å²) < 4.78 is 0. The predicted molar refractivity (Wildman–Crippen MR) is 56.0 cm³/mol. The molecule has 0 radical (unpaired) electrons. The second-order valence-electron chi connectivity index (χ2n) is 3.59. The van der Waals surface area contributed by atoms with Crippen LogP contribution >= 0.6 is 0 Å². The Morgan fingerprint density at radius 2 is 1.87 bits per heavy atom. The molecule has 0 aromatic heterocycles. The lowest BCUT2D eigenvalue weighted by atomic mass is 9.89. The van der Waals surface area contributed by atoms with Crippen LogP contribution in [-0.4, -0.2) is 25.2 Å². The molecule has 15 heavy (non-hydrogen) atoms. The lowest BCUT2D eigenvalue weighted by Crippen LogP contribution is -2.14. The molecule has 0 spiro atoms. The molecule has 4 heteroatoms. The molecule has 0 bridgehead atoms. The van der Waals surface area contributed by atoms with Crippen LogP contribution < -0.4 is 0 Å². The number of hydrogen-bond donors (Lipinski definition) is 0. The molecule has 80 valence electrons. The quantitative estimate of drug-likeness (QED) is 0.391. The van der Waals surface area contributed by atoms with Crippen molar-refractivity contribution < 1.29 is 9.59 Å². The second kappa shape index (κ2) is 6.88. The van der Waals surface area contributed by atoms with Crippen LogP contribution in [0.25, 0.3) is 0 Å². The number of allylic oxidation sites excluding steroid dienone is 1. The van der Waals surface area contributed by atoms with E-state index >= 15 is 0 Å². The highest BCUT2D eigenvalue weighted by molar-refractivity contribution is 5.34. The predicted octanol–water partition coefficient (Wildman–Crippen LogP) is 1.77. The smallest absolute Gasteiger partial charge is 0.211 e. The molecule has 0 N–H and O–H groups in total. The second-order valence-corrected chi connectivity index (χ2v) is 3.59. The zero-order chi connectivity index (χ0) is 10.9. The zero-order valence-electron chi connectivity index (χ0n) is 8.61. The maximum Gasteiger partial charge on any atom is 0.234 e. The lowest BCUT2D eigenvalue weighted by molar-refractivity contribution is 0.539. The fourth-order valence-electron chi connectivity index (χ4n) is 1.82. The van der Waals surface area contributed by atoms with E-state index < -0.39 is 0 Å². The summed E-state index contributed by atoms with van der Waals surface area (Å²) in [5.41, 5.74) is 1.26. The van der Waals surface area contributed by atoms with Crippen LogP contribution in [-0.2, 0) is 9.59 Å². The molecule has 0 unspecified atom stereocenters. The van der Waals surface area contributed by atoms with Gasteiger partial charge in [-0.2, -0.15) is 0 Å². The van der Waals surface area contributed by atoms with Gasteiger partial charge < -0.3 is 0 Å². The SMILES string of the molecule is O=C=NCC(CN=C=O)C1=CCCCC1. The van der Waals surface area contributed by atoms with E-state index in [1.165, 1.54) is 24.2 Å². The number of rotatable bonds is 5. The van der Waals surface area contributed by atoms with Gasteiger partial charge in [-0.25, -0.2) is 19.6 Å². The first kappa shape index (κ1) is 11.6. The van der Waals surface area contributed by atoms with Crippen molar-refractivity contribution in [2.45, 2.75) is 25.7 Å². The highest BCUT2D eigenvalue weighted by atomic mass is 16.1. The van der Waals surface area contributed by atoms with Crippen LogP contribution in [0, 0.1) is 5.92 Å². The van der Waals surface area contributed by atoms with Crippen LogP contribution in [0.1, 0.15) is 25.7 Å². The Hall–Kier alpha value is -1.50. The van der Waals surface area contributed by atoms with Crippen LogP contribution in [0.3, 0.4) is 0 Å². The minimum absolute atomic E-state index is 0.0770. The highest BCUT2D eigenvalue weighted by Crippen LogP contribution is 2.24. The molecule has 4 nitrogen and oxygen atoms in total. The van der Waals surface area contributed by atoms with Gasteiger partial charge in [0.25, 0.3) is 0 Å². The molecule has 1 aliphatic carbocycles. The fraction of sp³-hybridized carbons (Fsp3) is 0.636. The Balaban J connectivity index is 2.64. The molecule has 0 saturated heterocycles. The Morgan fingerprint density at radius 1 is 1.20 bits per heavy atom. The Kier molecular flexibility index (Phi) is 5.31. The van der Waals surface area contributed by atoms with Gasteiger partial charge in [0.1, 0.15) is 0 Å². The van der Waals surface area contributed by atoms with Gasteiger partial charge >= 0.3 is 0 Å². The van der Waals surface area contributed by atoms with Crippen LogP contribution in [0.5, 0.6) is 0 Å². The summed E-state index contributed by atoms with van der Waals surface area (Å²) in [5.74, 6) is 0.0770. The van der Waals surface area contributed by atoms with Crippen LogP contribution in [0.15, 0.2) is 21.6 Å². The summed E-state index contributed by atoms with van der Waals surface area (Å²) in [7, 11) is 0.